The first-order valence-electron chi connectivity index (χ1n) is 14.2. The summed E-state index contributed by atoms with van der Waals surface area (Å²) in [4.78, 5) is 18.2. The molecule has 3 aromatic carbocycles. The van der Waals surface area contributed by atoms with Gasteiger partial charge < -0.3 is 4.90 Å². The van der Waals surface area contributed by atoms with Crippen LogP contribution in [0.2, 0.25) is 0 Å². The summed E-state index contributed by atoms with van der Waals surface area (Å²) in [6, 6.07) is 19.7. The highest BCUT2D eigenvalue weighted by atomic mass is 19.4. The Labute approximate surface area is 233 Å². The van der Waals surface area contributed by atoms with Gasteiger partial charge in [0, 0.05) is 43.7 Å². The fourth-order valence-corrected chi connectivity index (χ4v) is 6.49. The summed E-state index contributed by atoms with van der Waals surface area (Å²) in [5.74, 6) is -0.0867. The summed E-state index contributed by atoms with van der Waals surface area (Å²) < 4.78 is 52.8. The fraction of sp³-hybridized carbons (Fsp3) is 0.424. The molecule has 1 saturated heterocycles. The maximum atomic E-state index is 13.8. The first-order chi connectivity index (χ1) is 19.2. The number of amides is 1. The standard InChI is InChI=1S/C33H36F4N2O/c1-23-7-5-6-10-30(23)31-22-38(19-24-11-15-27(16-12-24)33(35,36)37)20-26(31)21-39(29-8-3-2-4-9-29)32(40)25-13-17-28(34)18-14-25/h5-7,10-18,26,29,31H,2-4,8-9,19-22H2,1H3/t26-,31-/m1/s1. The molecule has 1 aliphatic carbocycles. The van der Waals surface area contributed by atoms with E-state index in [1.54, 1.807) is 24.3 Å². The predicted molar refractivity (Wildman–Crippen MR) is 148 cm³/mol. The zero-order valence-corrected chi connectivity index (χ0v) is 22.8. The van der Waals surface area contributed by atoms with E-state index in [4.69, 9.17) is 0 Å². The smallest absolute Gasteiger partial charge is 0.335 e. The summed E-state index contributed by atoms with van der Waals surface area (Å²) in [7, 11) is 0. The summed E-state index contributed by atoms with van der Waals surface area (Å²) in [5.41, 5.74) is 3.14. The number of rotatable bonds is 7. The Balaban J connectivity index is 1.41. The average molecular weight is 553 g/mol. The molecule has 0 bridgehead atoms. The third-order valence-electron chi connectivity index (χ3n) is 8.59. The van der Waals surface area contributed by atoms with E-state index in [-0.39, 0.29) is 29.6 Å². The number of hydrogen-bond acceptors (Lipinski definition) is 2. The summed E-state index contributed by atoms with van der Waals surface area (Å²) in [6.07, 6.45) is 0.916. The lowest BCUT2D eigenvalue weighted by Gasteiger charge is -2.37. The first kappa shape index (κ1) is 28.3. The van der Waals surface area contributed by atoms with Gasteiger partial charge in [-0.25, -0.2) is 4.39 Å². The van der Waals surface area contributed by atoms with Crippen LogP contribution >= 0.6 is 0 Å². The maximum absolute atomic E-state index is 13.8. The number of alkyl halides is 3. The lowest BCUT2D eigenvalue weighted by atomic mass is 9.85. The molecule has 1 saturated carbocycles. The van der Waals surface area contributed by atoms with Crippen molar-refractivity contribution in [1.29, 1.82) is 0 Å². The lowest BCUT2D eigenvalue weighted by molar-refractivity contribution is -0.137. The number of halogens is 4. The molecule has 0 N–H and O–H groups in total. The zero-order valence-electron chi connectivity index (χ0n) is 22.8. The minimum atomic E-state index is -4.35. The normalized spacial score (nSPS) is 20.5. The Morgan fingerprint density at radius 2 is 1.57 bits per heavy atom. The number of carbonyl (C=O) groups is 1. The molecule has 0 unspecified atom stereocenters. The van der Waals surface area contributed by atoms with Crippen molar-refractivity contribution in [2.75, 3.05) is 19.6 Å². The van der Waals surface area contributed by atoms with E-state index in [0.717, 1.165) is 56.5 Å². The van der Waals surface area contributed by atoms with Crippen molar-refractivity contribution < 1.29 is 22.4 Å². The highest BCUT2D eigenvalue weighted by Crippen LogP contribution is 2.37. The second kappa shape index (κ2) is 12.1. The van der Waals surface area contributed by atoms with Crippen LogP contribution in [0.1, 0.15) is 70.6 Å². The quantitative estimate of drug-likeness (QED) is 0.279. The summed E-state index contributed by atoms with van der Waals surface area (Å²) in [5, 5.41) is 0. The number of hydrogen-bond donors (Lipinski definition) is 0. The van der Waals surface area contributed by atoms with Gasteiger partial charge in [-0.15, -0.1) is 0 Å². The van der Waals surface area contributed by atoms with Gasteiger partial charge >= 0.3 is 6.18 Å². The van der Waals surface area contributed by atoms with E-state index >= 15 is 0 Å². The van der Waals surface area contributed by atoms with Crippen LogP contribution in [-0.4, -0.2) is 41.4 Å². The molecule has 2 fully saturated rings. The molecule has 1 heterocycles. The number of aryl methyl sites for hydroxylation is 1. The van der Waals surface area contributed by atoms with Crippen LogP contribution in [0.25, 0.3) is 0 Å². The Kier molecular flexibility index (Phi) is 8.60. The minimum Gasteiger partial charge on any atom is -0.335 e. The summed E-state index contributed by atoms with van der Waals surface area (Å²) >= 11 is 0. The van der Waals surface area contributed by atoms with E-state index in [1.165, 1.54) is 29.7 Å². The van der Waals surface area contributed by atoms with Crippen LogP contribution in [-0.2, 0) is 12.7 Å². The van der Waals surface area contributed by atoms with Gasteiger partial charge in [0.15, 0.2) is 0 Å². The van der Waals surface area contributed by atoms with E-state index in [1.807, 2.05) is 17.0 Å². The Morgan fingerprint density at radius 1 is 0.900 bits per heavy atom. The second-order valence-corrected chi connectivity index (χ2v) is 11.4. The van der Waals surface area contributed by atoms with Crippen LogP contribution < -0.4 is 0 Å². The van der Waals surface area contributed by atoms with Crippen LogP contribution in [0, 0.1) is 18.7 Å². The van der Waals surface area contributed by atoms with Crippen molar-refractivity contribution in [2.24, 2.45) is 5.92 Å². The van der Waals surface area contributed by atoms with Gasteiger partial charge in [0.25, 0.3) is 5.91 Å². The van der Waals surface area contributed by atoms with E-state index in [9.17, 15) is 22.4 Å². The average Bonchev–Trinajstić information content (AvgIpc) is 3.34. The van der Waals surface area contributed by atoms with Gasteiger partial charge in [0.05, 0.1) is 5.56 Å². The molecule has 3 nitrogen and oxygen atoms in total. The van der Waals surface area contributed by atoms with E-state index < -0.39 is 11.7 Å². The SMILES string of the molecule is Cc1ccccc1[C@@H]1CN(Cc2ccc(C(F)(F)F)cc2)C[C@@H]1CN(C(=O)c1ccc(F)cc1)C1CCCCC1. The van der Waals surface area contributed by atoms with E-state index in [0.29, 0.717) is 18.7 Å². The molecule has 0 aromatic heterocycles. The molecule has 2 atom stereocenters. The van der Waals surface area contributed by atoms with Crippen molar-refractivity contribution in [3.63, 3.8) is 0 Å². The molecular weight excluding hydrogens is 516 g/mol. The molecule has 1 aliphatic heterocycles. The highest BCUT2D eigenvalue weighted by Gasteiger charge is 2.38. The monoisotopic (exact) mass is 552 g/mol. The molecule has 212 valence electrons. The molecule has 7 heteroatoms. The molecule has 2 aliphatic rings. The Hall–Kier alpha value is -3.19. The number of benzene rings is 3. The second-order valence-electron chi connectivity index (χ2n) is 11.4. The van der Waals surface area contributed by atoms with Crippen LogP contribution in [0.15, 0.2) is 72.8 Å². The predicted octanol–water partition coefficient (Wildman–Crippen LogP) is 7.84. The summed E-state index contributed by atoms with van der Waals surface area (Å²) in [6.45, 7) is 4.74. The molecule has 0 spiro atoms. The van der Waals surface area contributed by atoms with Crippen molar-refractivity contribution in [2.45, 2.75) is 63.7 Å². The van der Waals surface area contributed by atoms with Crippen LogP contribution in [0.5, 0.6) is 0 Å². The number of likely N-dealkylation sites (tertiary alicyclic amines) is 1. The van der Waals surface area contributed by atoms with Crippen molar-refractivity contribution in [1.82, 2.24) is 9.80 Å². The largest absolute Gasteiger partial charge is 0.416 e. The molecular formula is C33H36F4N2O. The number of nitrogens with zero attached hydrogens (tertiary/aromatic N) is 2. The highest BCUT2D eigenvalue weighted by molar-refractivity contribution is 5.94. The number of carbonyl (C=O) groups excluding carboxylic acids is 1. The maximum Gasteiger partial charge on any atom is 0.416 e. The molecule has 40 heavy (non-hydrogen) atoms. The van der Waals surface area contributed by atoms with Gasteiger partial charge in [0.1, 0.15) is 5.82 Å². The zero-order chi connectivity index (χ0) is 28.3. The van der Waals surface area contributed by atoms with Gasteiger partial charge in [-0.1, -0.05) is 55.7 Å². The van der Waals surface area contributed by atoms with Crippen molar-refractivity contribution in [3.05, 3.63) is 106 Å². The molecule has 0 radical (unpaired) electrons. The van der Waals surface area contributed by atoms with Gasteiger partial charge in [-0.2, -0.15) is 13.2 Å². The Morgan fingerprint density at radius 3 is 2.23 bits per heavy atom. The van der Waals surface area contributed by atoms with Crippen LogP contribution in [0.3, 0.4) is 0 Å². The van der Waals surface area contributed by atoms with Gasteiger partial charge in [-0.05, 0) is 78.8 Å². The lowest BCUT2D eigenvalue weighted by Crippen LogP contribution is -2.45. The van der Waals surface area contributed by atoms with Gasteiger partial charge in [-0.3, -0.25) is 9.69 Å². The third kappa shape index (κ3) is 6.57. The van der Waals surface area contributed by atoms with E-state index in [2.05, 4.69) is 24.0 Å². The topological polar surface area (TPSA) is 23.6 Å². The first-order valence-corrected chi connectivity index (χ1v) is 14.2. The van der Waals surface area contributed by atoms with Crippen molar-refractivity contribution in [3.8, 4) is 0 Å². The fourth-order valence-electron chi connectivity index (χ4n) is 6.49. The van der Waals surface area contributed by atoms with Gasteiger partial charge in [0.2, 0.25) is 0 Å². The molecule has 1 amide bonds. The molecule has 3 aromatic rings. The van der Waals surface area contributed by atoms with Crippen LogP contribution in [0.4, 0.5) is 17.6 Å². The third-order valence-corrected chi connectivity index (χ3v) is 8.59. The minimum absolute atomic E-state index is 0.0587. The Bertz CT molecular complexity index is 1280. The van der Waals surface area contributed by atoms with Crippen molar-refractivity contribution >= 4 is 5.91 Å². The molecule has 5 rings (SSSR count).